The van der Waals surface area contributed by atoms with E-state index < -0.39 is 53.1 Å². The molecule has 8 heteroatoms. The van der Waals surface area contributed by atoms with Crippen molar-refractivity contribution in [1.29, 1.82) is 0 Å². The molecular formula is C52H76Cl2Si5Zr. The molecule has 60 heavy (non-hydrogen) atoms. The Morgan fingerprint density at radius 2 is 0.750 bits per heavy atom. The molecule has 0 spiro atoms. The zero-order valence-corrected chi connectivity index (χ0v) is 49.6. The van der Waals surface area contributed by atoms with Crippen molar-refractivity contribution in [2.75, 3.05) is 0 Å². The van der Waals surface area contributed by atoms with E-state index in [9.17, 15) is 0 Å². The molecule has 0 N–H and O–H groups in total. The van der Waals surface area contributed by atoms with Crippen LogP contribution in [-0.2, 0) is 33.7 Å². The Labute approximate surface area is 392 Å². The predicted molar refractivity (Wildman–Crippen MR) is 289 cm³/mol. The van der Waals surface area contributed by atoms with Crippen LogP contribution in [0.3, 0.4) is 0 Å². The van der Waals surface area contributed by atoms with Crippen molar-refractivity contribution in [3.8, 4) is 22.3 Å². The van der Waals surface area contributed by atoms with Crippen molar-refractivity contribution in [2.24, 2.45) is 0 Å². The number of rotatable bonds is 10. The van der Waals surface area contributed by atoms with Gasteiger partial charge < -0.3 is 0 Å². The van der Waals surface area contributed by atoms with E-state index in [0.717, 1.165) is 22.4 Å². The van der Waals surface area contributed by atoms with Gasteiger partial charge in [0, 0.05) is 9.52 Å². The molecular weight excluding hydrogens is 927 g/mol. The van der Waals surface area contributed by atoms with Gasteiger partial charge in [0.25, 0.3) is 0 Å². The Balaban J connectivity index is 0.000000283. The minimum atomic E-state index is -1.38. The first-order valence-electron chi connectivity index (χ1n) is 22.1. The van der Waals surface area contributed by atoms with Crippen LogP contribution in [-0.4, -0.2) is 41.8 Å². The Kier molecular flexibility index (Phi) is 19.9. The number of hydrogen-bond acceptors (Lipinski definition) is 0. The van der Waals surface area contributed by atoms with Crippen LogP contribution in [0.15, 0.2) is 84.9 Å². The summed E-state index contributed by atoms with van der Waals surface area (Å²) in [5.41, 5.74) is 11.6. The average Bonchev–Trinajstić information content (AvgIpc) is 3.71. The molecule has 0 nitrogen and oxygen atoms in total. The van der Waals surface area contributed by atoms with Gasteiger partial charge in [-0.05, 0) is 24.0 Å². The predicted octanol–water partition coefficient (Wildman–Crippen LogP) is 15.3. The molecule has 2 radical (unpaired) electrons. The van der Waals surface area contributed by atoms with E-state index in [1.54, 1.807) is 20.7 Å². The summed E-state index contributed by atoms with van der Waals surface area (Å²) in [6.45, 7) is 43.0. The second-order valence-corrected chi connectivity index (χ2v) is 46.0. The van der Waals surface area contributed by atoms with E-state index in [1.807, 2.05) is 0 Å². The molecule has 0 amide bonds. The SMILES string of the molecule is CCCc1ccc2[cH-]c(C)cc2c1-c1cc([Si](C)(C)C)cc([Si](C)(C)C)c1.CCCc1ccc2[cH-]c(C)cc2c1-c1cc([Si](C)(C)C)cc([Si](C)(C)C)c1.C[Si]C.[Cl][Zr+2][Cl]. The van der Waals surface area contributed by atoms with Crippen molar-refractivity contribution < 1.29 is 20.8 Å². The van der Waals surface area contributed by atoms with Crippen LogP contribution in [0, 0.1) is 13.8 Å². The zero-order chi connectivity index (χ0) is 45.4. The third kappa shape index (κ3) is 14.3. The molecule has 0 fully saturated rings. The normalized spacial score (nSPS) is 11.9. The van der Waals surface area contributed by atoms with Crippen LogP contribution < -0.4 is 20.7 Å². The van der Waals surface area contributed by atoms with Crippen molar-refractivity contribution in [3.05, 3.63) is 107 Å². The van der Waals surface area contributed by atoms with E-state index in [-0.39, 0.29) is 0 Å². The van der Waals surface area contributed by atoms with E-state index in [2.05, 4.69) is 204 Å². The summed E-state index contributed by atoms with van der Waals surface area (Å²) in [5, 5.41) is 12.0. The van der Waals surface area contributed by atoms with E-state index in [4.69, 9.17) is 17.0 Å². The molecule has 6 aromatic carbocycles. The molecule has 0 heterocycles. The van der Waals surface area contributed by atoms with Gasteiger partial charge in [-0.25, -0.2) is 0 Å². The van der Waals surface area contributed by atoms with Crippen molar-refractivity contribution in [1.82, 2.24) is 0 Å². The summed E-state index contributed by atoms with van der Waals surface area (Å²) in [6, 6.07) is 34.0. The van der Waals surface area contributed by atoms with Crippen LogP contribution in [0.4, 0.5) is 0 Å². The Hall–Kier alpha value is -1.35. The van der Waals surface area contributed by atoms with E-state index in [0.29, 0.717) is 0 Å². The molecule has 0 saturated heterocycles. The Morgan fingerprint density at radius 1 is 0.483 bits per heavy atom. The van der Waals surface area contributed by atoms with Crippen LogP contribution in [0.1, 0.15) is 48.9 Å². The van der Waals surface area contributed by atoms with Gasteiger partial charge in [-0.3, -0.25) is 0 Å². The number of halogens is 2. The third-order valence-electron chi connectivity index (χ3n) is 11.2. The molecule has 0 aromatic heterocycles. The first-order chi connectivity index (χ1) is 27.8. The average molecular weight is 1000 g/mol. The van der Waals surface area contributed by atoms with Crippen molar-refractivity contribution in [2.45, 2.75) is 145 Å². The number of benzene rings is 4. The summed E-state index contributed by atoms with van der Waals surface area (Å²) in [4.78, 5) is 0. The number of fused-ring (bicyclic) bond motifs is 2. The molecule has 0 bridgehead atoms. The second-order valence-electron chi connectivity index (χ2n) is 20.9. The van der Waals surface area contributed by atoms with Gasteiger partial charge in [0.15, 0.2) is 0 Å². The first kappa shape index (κ1) is 53.0. The summed E-state index contributed by atoms with van der Waals surface area (Å²) in [7, 11) is 5.42. The topological polar surface area (TPSA) is 0 Å². The van der Waals surface area contributed by atoms with Gasteiger partial charge in [-0.1, -0.05) is 212 Å². The van der Waals surface area contributed by atoms with E-state index >= 15 is 0 Å². The minimum absolute atomic E-state index is 0.826. The van der Waals surface area contributed by atoms with Crippen LogP contribution in [0.25, 0.3) is 43.8 Å². The van der Waals surface area contributed by atoms with Gasteiger partial charge in [0.2, 0.25) is 0 Å². The molecule has 0 aliphatic carbocycles. The molecule has 0 atom stereocenters. The fraction of sp³-hybridized carbons (Fsp3) is 0.423. The molecule has 6 rings (SSSR count). The van der Waals surface area contributed by atoms with Gasteiger partial charge in [0.05, 0.1) is 32.3 Å². The third-order valence-corrected chi connectivity index (χ3v) is 19.3. The van der Waals surface area contributed by atoms with Gasteiger partial charge in [0.1, 0.15) is 0 Å². The number of hydrogen-bond donors (Lipinski definition) is 0. The summed E-state index contributed by atoms with van der Waals surface area (Å²) in [6.07, 6.45) is 4.67. The summed E-state index contributed by atoms with van der Waals surface area (Å²) < 4.78 is 0. The van der Waals surface area contributed by atoms with Crippen LogP contribution in [0.5, 0.6) is 0 Å². The molecule has 0 unspecified atom stereocenters. The molecule has 6 aromatic rings. The fourth-order valence-corrected chi connectivity index (χ4v) is 12.9. The van der Waals surface area contributed by atoms with Crippen LogP contribution in [0.2, 0.25) is 91.7 Å². The molecule has 0 aliphatic rings. The standard InChI is InChI=1S/2C25H35Si2.C2H6Si.2ClH.Zr/c2*1-9-10-19-11-12-20-13-18(2)14-24(20)25(19)21-15-22(26(3,4)5)17-23(16-21)27(6,7)8;1-3-2;;;/h2*11-17H,9-10H2,1-8H3;1-2H3;2*1H;/q2*-1;;;;+4/p-2. The van der Waals surface area contributed by atoms with Crippen molar-refractivity contribution in [3.63, 3.8) is 0 Å². The second kappa shape index (κ2) is 22.5. The van der Waals surface area contributed by atoms with Crippen molar-refractivity contribution >= 4 is 101 Å². The maximum atomic E-state index is 4.93. The molecule has 0 saturated carbocycles. The Morgan fingerprint density at radius 3 is 0.983 bits per heavy atom. The molecule has 0 aliphatic heterocycles. The monoisotopic (exact) mass is 1000 g/mol. The van der Waals surface area contributed by atoms with Gasteiger partial charge in [-0.2, -0.15) is 12.1 Å². The number of aryl methyl sites for hydroxylation is 4. The zero-order valence-electron chi connectivity index (χ0n) is 40.7. The van der Waals surface area contributed by atoms with Crippen LogP contribution >= 0.6 is 17.0 Å². The van der Waals surface area contributed by atoms with E-state index in [1.165, 1.54) is 78.9 Å². The summed E-state index contributed by atoms with van der Waals surface area (Å²) in [5.74, 6) is 0. The molecule has 322 valence electrons. The maximum absolute atomic E-state index is 4.93. The van der Waals surface area contributed by atoms with Gasteiger partial charge in [-0.15, -0.1) is 69.1 Å². The fourth-order valence-electron chi connectivity index (χ4n) is 7.87. The van der Waals surface area contributed by atoms with Gasteiger partial charge >= 0.3 is 37.9 Å². The summed E-state index contributed by atoms with van der Waals surface area (Å²) >= 11 is -0.826. The first-order valence-corrected chi connectivity index (χ1v) is 44.4. The Bertz CT molecular complexity index is 2080. The quantitative estimate of drug-likeness (QED) is 0.0948.